The summed E-state index contributed by atoms with van der Waals surface area (Å²) in [6.07, 6.45) is 4.47. The monoisotopic (exact) mass is 485 g/mol. The van der Waals surface area contributed by atoms with Crippen molar-refractivity contribution in [3.05, 3.63) is 89.4 Å². The minimum atomic E-state index is -1.32. The van der Waals surface area contributed by atoms with Gasteiger partial charge >= 0.3 is 0 Å². The van der Waals surface area contributed by atoms with Crippen LogP contribution < -0.4 is 16.4 Å². The molecule has 1 heterocycles. The van der Waals surface area contributed by atoms with Crippen molar-refractivity contribution in [2.45, 2.75) is 25.0 Å². The number of hydrogen-bond acceptors (Lipinski definition) is 6. The van der Waals surface area contributed by atoms with Crippen molar-refractivity contribution in [3.63, 3.8) is 0 Å². The molecule has 0 aliphatic heterocycles. The number of aliphatic hydroxyl groups is 1. The molecule has 34 heavy (non-hydrogen) atoms. The minimum absolute atomic E-state index is 0.0387. The number of rotatable bonds is 7. The number of halogens is 3. The first-order valence-corrected chi connectivity index (χ1v) is 10.9. The summed E-state index contributed by atoms with van der Waals surface area (Å²) in [7, 11) is 2.01. The molecule has 1 saturated carbocycles. The highest BCUT2D eigenvalue weighted by atomic mass is 35.5. The van der Waals surface area contributed by atoms with E-state index >= 15 is 0 Å². The smallest absolute Gasteiger partial charge is 0.149 e. The highest BCUT2D eigenvalue weighted by molar-refractivity contribution is 6.33. The Morgan fingerprint density at radius 1 is 1.24 bits per heavy atom. The Bertz CT molecular complexity index is 1180. The van der Waals surface area contributed by atoms with Crippen molar-refractivity contribution >= 4 is 29.2 Å². The van der Waals surface area contributed by atoms with Gasteiger partial charge in [0.05, 0.1) is 16.9 Å². The van der Waals surface area contributed by atoms with Gasteiger partial charge in [-0.25, -0.2) is 18.7 Å². The van der Waals surface area contributed by atoms with E-state index in [0.717, 1.165) is 24.2 Å². The number of nitrogens with zero attached hydrogens (tertiary/aromatic N) is 2. The van der Waals surface area contributed by atoms with Crippen molar-refractivity contribution in [1.82, 2.24) is 15.3 Å². The minimum Gasteiger partial charge on any atom is -0.382 e. The van der Waals surface area contributed by atoms with Crippen LogP contribution in [0.2, 0.25) is 5.02 Å². The second-order valence-corrected chi connectivity index (χ2v) is 8.15. The van der Waals surface area contributed by atoms with Crippen molar-refractivity contribution in [2.75, 3.05) is 18.1 Å². The summed E-state index contributed by atoms with van der Waals surface area (Å²) in [6, 6.07) is 8.68. The molecule has 0 saturated heterocycles. The Morgan fingerprint density at radius 2 is 1.91 bits per heavy atom. The number of nitrogens with two attached hydrogens (primary N) is 1. The predicted molar refractivity (Wildman–Crippen MR) is 133 cm³/mol. The summed E-state index contributed by atoms with van der Waals surface area (Å²) in [5.74, 6) is -1.32. The number of aliphatic hydroxyl groups excluding tert-OH is 1. The number of anilines is 2. The van der Waals surface area contributed by atoms with E-state index in [4.69, 9.17) is 17.3 Å². The van der Waals surface area contributed by atoms with Gasteiger partial charge in [-0.05, 0) is 61.9 Å². The van der Waals surface area contributed by atoms with Gasteiger partial charge in [-0.1, -0.05) is 24.8 Å². The molecule has 0 bridgehead atoms. The molecular formula is C25H26ClF2N5O. The van der Waals surface area contributed by atoms with E-state index in [1.807, 2.05) is 7.05 Å². The van der Waals surface area contributed by atoms with Gasteiger partial charge in [0.1, 0.15) is 29.3 Å². The van der Waals surface area contributed by atoms with E-state index in [1.165, 1.54) is 25.1 Å². The third-order valence-corrected chi connectivity index (χ3v) is 5.40. The van der Waals surface area contributed by atoms with Gasteiger partial charge < -0.3 is 21.5 Å². The second-order valence-electron chi connectivity index (χ2n) is 7.74. The largest absolute Gasteiger partial charge is 0.382 e. The molecule has 1 aliphatic carbocycles. The van der Waals surface area contributed by atoms with Gasteiger partial charge in [0, 0.05) is 29.1 Å². The summed E-state index contributed by atoms with van der Waals surface area (Å²) in [5, 5.41) is 16.7. The summed E-state index contributed by atoms with van der Waals surface area (Å²) >= 11 is 6.36. The maximum atomic E-state index is 13.4. The van der Waals surface area contributed by atoms with Crippen molar-refractivity contribution in [2.24, 2.45) is 0 Å². The van der Waals surface area contributed by atoms with Crippen molar-refractivity contribution in [3.8, 4) is 11.3 Å². The standard InChI is InChI=1S/C21H17ClF2N4O.C4H9N/c1-3-18-21(25)26-10-19(28-18)16-5-4-15(9-17(16)22)27-11(2)20(29)12-6-13(23)8-14(24)7-12;1-5-4-2-3-4/h3-10,20,27,29H,1-2H2,(H2,25,26);4-5H,2-3H2,1H3. The van der Waals surface area contributed by atoms with Crippen LogP contribution in [0.1, 0.15) is 30.2 Å². The molecule has 2 aromatic carbocycles. The summed E-state index contributed by atoms with van der Waals surface area (Å²) < 4.78 is 26.7. The maximum Gasteiger partial charge on any atom is 0.149 e. The fourth-order valence-corrected chi connectivity index (χ4v) is 3.33. The molecule has 5 N–H and O–H groups in total. The molecule has 1 aliphatic rings. The Kier molecular flexibility index (Phi) is 8.33. The first-order chi connectivity index (χ1) is 16.2. The molecule has 1 aromatic heterocycles. The topological polar surface area (TPSA) is 96.1 Å². The number of hydrogen-bond donors (Lipinski definition) is 4. The second kappa shape index (κ2) is 11.2. The lowest BCUT2D eigenvalue weighted by molar-refractivity contribution is 0.216. The highest BCUT2D eigenvalue weighted by Gasteiger charge is 2.17. The quantitative estimate of drug-likeness (QED) is 0.361. The molecule has 3 aromatic rings. The molecular weight excluding hydrogens is 460 g/mol. The average molecular weight is 486 g/mol. The van der Waals surface area contributed by atoms with Gasteiger partial charge in [0.25, 0.3) is 0 Å². The zero-order valence-electron chi connectivity index (χ0n) is 18.7. The summed E-state index contributed by atoms with van der Waals surface area (Å²) in [5.41, 5.74) is 7.98. The third kappa shape index (κ3) is 6.60. The van der Waals surface area contributed by atoms with E-state index in [-0.39, 0.29) is 17.1 Å². The van der Waals surface area contributed by atoms with Crippen LogP contribution in [0.15, 0.2) is 61.4 Å². The lowest BCUT2D eigenvalue weighted by atomic mass is 10.1. The molecule has 0 radical (unpaired) electrons. The van der Waals surface area contributed by atoms with Crippen molar-refractivity contribution < 1.29 is 13.9 Å². The Labute approximate surface area is 202 Å². The molecule has 0 amide bonds. The number of nitrogens with one attached hydrogen (secondary N) is 2. The molecule has 4 rings (SSSR count). The molecule has 1 fully saturated rings. The molecule has 6 nitrogen and oxygen atoms in total. The zero-order valence-corrected chi connectivity index (χ0v) is 19.4. The van der Waals surface area contributed by atoms with Crippen LogP contribution in [0.5, 0.6) is 0 Å². The molecule has 1 atom stereocenters. The van der Waals surface area contributed by atoms with E-state index in [9.17, 15) is 13.9 Å². The Hall–Kier alpha value is -3.33. The van der Waals surface area contributed by atoms with Crippen molar-refractivity contribution in [1.29, 1.82) is 0 Å². The summed E-state index contributed by atoms with van der Waals surface area (Å²) in [4.78, 5) is 8.43. The fraction of sp³-hybridized carbons (Fsp3) is 0.200. The highest BCUT2D eigenvalue weighted by Crippen LogP contribution is 2.31. The van der Waals surface area contributed by atoms with E-state index in [2.05, 4.69) is 33.8 Å². The van der Waals surface area contributed by atoms with Crippen LogP contribution in [0.4, 0.5) is 20.3 Å². The van der Waals surface area contributed by atoms with Crippen LogP contribution in [0, 0.1) is 11.6 Å². The molecule has 0 spiro atoms. The van der Waals surface area contributed by atoms with Gasteiger partial charge in [-0.2, -0.15) is 0 Å². The maximum absolute atomic E-state index is 13.4. The average Bonchev–Trinajstić information content (AvgIpc) is 3.64. The fourth-order valence-electron chi connectivity index (χ4n) is 3.05. The van der Waals surface area contributed by atoms with E-state index < -0.39 is 17.7 Å². The first-order valence-electron chi connectivity index (χ1n) is 10.5. The van der Waals surface area contributed by atoms with Crippen LogP contribution >= 0.6 is 11.6 Å². The SMILES string of the molecule is C=Cc1nc(-c2ccc(NC(=C)C(O)c3cc(F)cc(F)c3)cc2Cl)cnc1N.CNC1CC1. The van der Waals surface area contributed by atoms with Crippen LogP contribution in [0.25, 0.3) is 17.3 Å². The third-order valence-electron chi connectivity index (χ3n) is 5.09. The normalized spacial score (nSPS) is 13.4. The predicted octanol–water partition coefficient (Wildman–Crippen LogP) is 5.33. The van der Waals surface area contributed by atoms with E-state index in [1.54, 1.807) is 18.2 Å². The zero-order chi connectivity index (χ0) is 24.8. The Balaban J connectivity index is 0.000000574. The van der Waals surface area contributed by atoms with Gasteiger partial charge in [-0.15, -0.1) is 0 Å². The molecule has 1 unspecified atom stereocenters. The lowest BCUT2D eigenvalue weighted by Crippen LogP contribution is -2.09. The van der Waals surface area contributed by atoms with Crippen LogP contribution in [-0.2, 0) is 0 Å². The molecule has 9 heteroatoms. The summed E-state index contributed by atoms with van der Waals surface area (Å²) in [6.45, 7) is 7.37. The van der Waals surface area contributed by atoms with Gasteiger partial charge in [0.15, 0.2) is 0 Å². The molecule has 178 valence electrons. The Morgan fingerprint density at radius 3 is 2.44 bits per heavy atom. The number of benzene rings is 2. The first kappa shape index (κ1) is 25.3. The van der Waals surface area contributed by atoms with E-state index in [0.29, 0.717) is 27.7 Å². The van der Waals surface area contributed by atoms with Crippen LogP contribution in [-0.4, -0.2) is 28.2 Å². The van der Waals surface area contributed by atoms with Crippen LogP contribution in [0.3, 0.4) is 0 Å². The number of nitrogen functional groups attached to an aromatic ring is 1. The lowest BCUT2D eigenvalue weighted by Gasteiger charge is -2.17. The van der Waals surface area contributed by atoms with Gasteiger partial charge in [-0.3, -0.25) is 0 Å². The van der Waals surface area contributed by atoms with Gasteiger partial charge in [0.2, 0.25) is 0 Å². The number of aromatic nitrogens is 2.